The minimum absolute atomic E-state index is 0.0656. The maximum absolute atomic E-state index is 14.0. The molecule has 22 heavy (non-hydrogen) atoms. The summed E-state index contributed by atoms with van der Waals surface area (Å²) in [6, 6.07) is 0. The molecule has 2 nitrogen and oxygen atoms in total. The molecule has 0 aliphatic heterocycles. The Morgan fingerprint density at radius 1 is 1.09 bits per heavy atom. The van der Waals surface area contributed by atoms with Crippen LogP contribution in [0.5, 0.6) is 0 Å². The van der Waals surface area contributed by atoms with E-state index in [1.807, 2.05) is 0 Å². The fourth-order valence-corrected chi connectivity index (χ4v) is 6.58. The first-order chi connectivity index (χ1) is 10.3. The lowest BCUT2D eigenvalue weighted by atomic mass is 9.48. The van der Waals surface area contributed by atoms with Gasteiger partial charge in [0.2, 0.25) is 5.85 Å². The van der Waals surface area contributed by atoms with E-state index >= 15 is 0 Å². The predicted molar refractivity (Wildman–Crippen MR) is 83.8 cm³/mol. The van der Waals surface area contributed by atoms with Crippen molar-refractivity contribution in [2.75, 3.05) is 0 Å². The van der Waals surface area contributed by atoms with Crippen molar-refractivity contribution in [2.24, 2.45) is 28.6 Å². The molecular formula is C19H29FO2. The van der Waals surface area contributed by atoms with E-state index < -0.39 is 5.85 Å². The van der Waals surface area contributed by atoms with E-state index in [1.54, 1.807) is 0 Å². The van der Waals surface area contributed by atoms with Crippen LogP contribution >= 0.6 is 0 Å². The summed E-state index contributed by atoms with van der Waals surface area (Å²) in [5.41, 5.74) is 1.32. The number of aliphatic hydroxyl groups excluding tert-OH is 1. The van der Waals surface area contributed by atoms with E-state index in [-0.39, 0.29) is 29.8 Å². The molecule has 124 valence electrons. The first kappa shape index (κ1) is 15.1. The summed E-state index contributed by atoms with van der Waals surface area (Å²) < 4.78 is 14.0. The van der Waals surface area contributed by atoms with Crippen LogP contribution in [0.4, 0.5) is 4.39 Å². The zero-order valence-corrected chi connectivity index (χ0v) is 13.8. The highest BCUT2D eigenvalue weighted by atomic mass is 19.2. The molecule has 4 aliphatic carbocycles. The van der Waals surface area contributed by atoms with E-state index in [9.17, 15) is 14.6 Å². The van der Waals surface area contributed by atoms with Crippen molar-refractivity contribution in [1.29, 1.82) is 0 Å². The molecule has 3 saturated carbocycles. The quantitative estimate of drug-likeness (QED) is 0.665. The van der Waals surface area contributed by atoms with Crippen molar-refractivity contribution in [3.63, 3.8) is 0 Å². The molecule has 3 fully saturated rings. The van der Waals surface area contributed by atoms with Crippen LogP contribution in [-0.4, -0.2) is 22.2 Å². The van der Waals surface area contributed by atoms with Crippen molar-refractivity contribution < 1.29 is 14.6 Å². The molecule has 3 heteroatoms. The van der Waals surface area contributed by atoms with Crippen LogP contribution in [0.3, 0.4) is 0 Å². The van der Waals surface area contributed by atoms with Crippen molar-refractivity contribution in [3.05, 3.63) is 11.6 Å². The average Bonchev–Trinajstić information content (AvgIpc) is 2.76. The van der Waals surface area contributed by atoms with Crippen LogP contribution < -0.4 is 0 Å². The zero-order chi connectivity index (χ0) is 15.8. The summed E-state index contributed by atoms with van der Waals surface area (Å²) in [6.45, 7) is 4.59. The number of hydrogen-bond donors (Lipinski definition) is 2. The maximum atomic E-state index is 14.0. The summed E-state index contributed by atoms with van der Waals surface area (Å²) in [6.07, 6.45) is 8.69. The third kappa shape index (κ3) is 1.91. The van der Waals surface area contributed by atoms with Gasteiger partial charge >= 0.3 is 0 Å². The molecule has 2 N–H and O–H groups in total. The fourth-order valence-electron chi connectivity index (χ4n) is 6.58. The van der Waals surface area contributed by atoms with Gasteiger partial charge in [0.15, 0.2) is 0 Å². The number of rotatable bonds is 0. The molecule has 4 aliphatic rings. The van der Waals surface area contributed by atoms with Gasteiger partial charge in [-0.3, -0.25) is 0 Å². The molecule has 0 saturated heterocycles. The lowest BCUT2D eigenvalue weighted by Crippen LogP contribution is -2.52. The van der Waals surface area contributed by atoms with Gasteiger partial charge in [-0.25, -0.2) is 4.39 Å². The minimum Gasteiger partial charge on any atom is -0.393 e. The Kier molecular flexibility index (Phi) is 3.14. The summed E-state index contributed by atoms with van der Waals surface area (Å²) in [4.78, 5) is 0. The summed E-state index contributed by atoms with van der Waals surface area (Å²) in [7, 11) is 0. The molecule has 0 aromatic carbocycles. The van der Waals surface area contributed by atoms with Gasteiger partial charge in [0.25, 0.3) is 0 Å². The van der Waals surface area contributed by atoms with E-state index in [0.29, 0.717) is 17.8 Å². The highest BCUT2D eigenvalue weighted by molar-refractivity contribution is 5.26. The lowest BCUT2D eigenvalue weighted by Gasteiger charge is -2.58. The monoisotopic (exact) mass is 308 g/mol. The van der Waals surface area contributed by atoms with Crippen LogP contribution in [0.2, 0.25) is 0 Å². The average molecular weight is 308 g/mol. The largest absolute Gasteiger partial charge is 0.393 e. The standard InChI is InChI=1S/C19H29FO2/c1-17-9-10-19(20,22)11-12(17)3-4-13-14-5-6-16(21)18(14,2)8-7-15(13)17/h3,13-16,21-22H,4-11H2,1-2H3/t13-,14-,15-,16+,17-,18-,19?/m0/s1. The van der Waals surface area contributed by atoms with Crippen LogP contribution in [0.25, 0.3) is 0 Å². The van der Waals surface area contributed by atoms with Gasteiger partial charge in [0, 0.05) is 12.8 Å². The number of fused-ring (bicyclic) bond motifs is 5. The molecule has 0 aromatic rings. The van der Waals surface area contributed by atoms with E-state index in [1.165, 1.54) is 0 Å². The second-order valence-electron chi connectivity index (χ2n) is 8.99. The van der Waals surface area contributed by atoms with Gasteiger partial charge in [0.1, 0.15) is 0 Å². The van der Waals surface area contributed by atoms with Crippen molar-refractivity contribution in [1.82, 2.24) is 0 Å². The second-order valence-corrected chi connectivity index (χ2v) is 8.99. The number of allylic oxidation sites excluding steroid dienone is 1. The molecule has 7 atom stereocenters. The Morgan fingerprint density at radius 3 is 2.64 bits per heavy atom. The number of aliphatic hydroxyl groups is 2. The Balaban J connectivity index is 1.67. The molecule has 0 radical (unpaired) electrons. The van der Waals surface area contributed by atoms with Crippen LogP contribution in [-0.2, 0) is 0 Å². The van der Waals surface area contributed by atoms with E-state index in [2.05, 4.69) is 19.9 Å². The molecular weight excluding hydrogens is 279 g/mol. The SMILES string of the molecule is C[C@]12CC[C@H]3[C@@H](CC=C4CC(O)(F)CC[C@@]43C)[C@@H]1CC[C@H]2O. The third-order valence-electron chi connectivity index (χ3n) is 8.06. The number of alkyl halides is 1. The summed E-state index contributed by atoms with van der Waals surface area (Å²) >= 11 is 0. The van der Waals surface area contributed by atoms with Gasteiger partial charge in [0.05, 0.1) is 6.10 Å². The Morgan fingerprint density at radius 2 is 1.86 bits per heavy atom. The lowest BCUT2D eigenvalue weighted by molar-refractivity contribution is -0.135. The predicted octanol–water partition coefficient (Wildman–Crippen LogP) is 3.97. The van der Waals surface area contributed by atoms with E-state index in [0.717, 1.165) is 44.1 Å². The topological polar surface area (TPSA) is 40.5 Å². The van der Waals surface area contributed by atoms with Gasteiger partial charge in [-0.15, -0.1) is 0 Å². The molecule has 1 unspecified atom stereocenters. The zero-order valence-electron chi connectivity index (χ0n) is 13.8. The van der Waals surface area contributed by atoms with Crippen LogP contribution in [0.15, 0.2) is 11.6 Å². The van der Waals surface area contributed by atoms with Crippen LogP contribution in [0.1, 0.15) is 65.2 Å². The second kappa shape index (κ2) is 4.57. The molecule has 0 heterocycles. The first-order valence-corrected chi connectivity index (χ1v) is 9.05. The fraction of sp³-hybridized carbons (Fsp3) is 0.895. The van der Waals surface area contributed by atoms with Gasteiger partial charge < -0.3 is 10.2 Å². The van der Waals surface area contributed by atoms with Gasteiger partial charge in [-0.05, 0) is 67.1 Å². The molecule has 4 rings (SSSR count). The smallest absolute Gasteiger partial charge is 0.210 e. The Labute approximate surface area is 132 Å². The third-order valence-corrected chi connectivity index (χ3v) is 8.06. The Hall–Kier alpha value is -0.410. The van der Waals surface area contributed by atoms with Crippen molar-refractivity contribution in [3.8, 4) is 0 Å². The summed E-state index contributed by atoms with van der Waals surface area (Å²) in [5, 5.41) is 20.3. The van der Waals surface area contributed by atoms with E-state index in [4.69, 9.17) is 0 Å². The molecule has 0 bridgehead atoms. The molecule has 0 amide bonds. The maximum Gasteiger partial charge on any atom is 0.210 e. The summed E-state index contributed by atoms with van der Waals surface area (Å²) in [5.74, 6) is -0.144. The minimum atomic E-state index is -2.00. The normalized spacial score (nSPS) is 57.6. The first-order valence-electron chi connectivity index (χ1n) is 9.05. The van der Waals surface area contributed by atoms with Crippen LogP contribution in [0, 0.1) is 28.6 Å². The van der Waals surface area contributed by atoms with Gasteiger partial charge in [-0.1, -0.05) is 25.5 Å². The van der Waals surface area contributed by atoms with Crippen molar-refractivity contribution in [2.45, 2.75) is 77.2 Å². The number of halogens is 1. The highest BCUT2D eigenvalue weighted by Crippen LogP contribution is 2.65. The highest BCUT2D eigenvalue weighted by Gasteiger charge is 2.59. The molecule has 0 aromatic heterocycles. The van der Waals surface area contributed by atoms with Gasteiger partial charge in [-0.2, -0.15) is 0 Å². The Bertz CT molecular complexity index is 514. The molecule has 0 spiro atoms. The van der Waals surface area contributed by atoms with Crippen molar-refractivity contribution >= 4 is 0 Å². The number of hydrogen-bond acceptors (Lipinski definition) is 2.